The minimum absolute atomic E-state index is 0.859. The van der Waals surface area contributed by atoms with Crippen LogP contribution >= 0.6 is 0 Å². The lowest BCUT2D eigenvalue weighted by molar-refractivity contribution is -0.398. The van der Waals surface area contributed by atoms with Crippen LogP contribution in [-0.2, 0) is 124 Å². The van der Waals surface area contributed by atoms with E-state index in [4.69, 9.17) is 94.7 Å². The van der Waals surface area contributed by atoms with E-state index in [2.05, 4.69) is 26.6 Å². The number of carbonyl (C=O) groups excluding carboxylic acids is 5. The van der Waals surface area contributed by atoms with Crippen molar-refractivity contribution in [3.63, 3.8) is 0 Å². The molecule has 0 unspecified atom stereocenters. The minimum atomic E-state index is -3.12. The van der Waals surface area contributed by atoms with Gasteiger partial charge in [-0.3, -0.25) is 24.0 Å². The van der Waals surface area contributed by atoms with Gasteiger partial charge in [-0.05, 0) is 6.92 Å². The first-order chi connectivity index (χ1) is 66.9. The van der Waals surface area contributed by atoms with E-state index in [1.54, 1.807) is 0 Å². The lowest BCUT2D eigenvalue weighted by Gasteiger charge is -2.51. The molecule has 5 amide bonds. The number of aliphatic carboxylic acids is 1. The normalized spacial score (nSPS) is 45.7. The Morgan fingerprint density at radius 1 is 0.338 bits per heavy atom. The zero-order valence-electron chi connectivity index (χ0n) is 76.6. The molecule has 63 nitrogen and oxygen atoms in total. The summed E-state index contributed by atoms with van der Waals surface area (Å²) in [5.41, 5.74) is 0. The molecule has 0 spiro atoms. The lowest BCUT2D eigenvalue weighted by atomic mass is 9.88. The molecule has 822 valence electrons. The predicted octanol–water partition coefficient (Wildman–Crippen LogP) is -24.4. The fraction of sp³-hybridized carbons (Fsp3) is 0.924. The molecule has 0 aliphatic carbocycles. The molecule has 142 heavy (non-hydrogen) atoms. The minimum Gasteiger partial charge on any atom is -0.477 e. The number of carbonyl (C=O) groups is 6. The first-order valence-corrected chi connectivity index (χ1v) is 45.0. The van der Waals surface area contributed by atoms with Crippen molar-refractivity contribution in [2.24, 2.45) is 0 Å². The van der Waals surface area contributed by atoms with Crippen LogP contribution in [0.4, 0.5) is 0 Å². The first-order valence-electron chi connectivity index (χ1n) is 45.0. The Kier molecular flexibility index (Phi) is 43.5. The maximum absolute atomic E-state index is 13.3. The highest BCUT2D eigenvalue weighted by Crippen LogP contribution is 2.42. The summed E-state index contributed by atoms with van der Waals surface area (Å²) in [7, 11) is 0. The van der Waals surface area contributed by atoms with E-state index in [0.29, 0.717) is 0 Å². The quantitative estimate of drug-likeness (QED) is 0.0270. The molecule has 37 N–H and O–H groups in total. The zero-order chi connectivity index (χ0) is 105. The van der Waals surface area contributed by atoms with Gasteiger partial charge >= 0.3 is 5.97 Å². The van der Waals surface area contributed by atoms with E-state index in [-0.39, 0.29) is 0 Å². The third-order valence-electron chi connectivity index (χ3n) is 25.6. The summed E-state index contributed by atoms with van der Waals surface area (Å²) in [5.74, 6) is -10.1. The molecular weight excluding hydrogens is 1950 g/mol. The number of aliphatic hydroxyl groups is 31. The van der Waals surface area contributed by atoms with Gasteiger partial charge in [0, 0.05) is 41.0 Å². The van der Waals surface area contributed by atoms with Crippen LogP contribution in [0.5, 0.6) is 0 Å². The number of hydrogen-bond acceptors (Lipinski definition) is 57. The number of carboxylic acid groups (broad SMARTS) is 1. The average molecular weight is 2080 g/mol. The fourth-order valence-corrected chi connectivity index (χ4v) is 17.9. The molecule has 63 heteroatoms. The maximum Gasteiger partial charge on any atom is 0.364 e. The summed E-state index contributed by atoms with van der Waals surface area (Å²) in [6.45, 7) is -7.53. The molecule has 10 saturated heterocycles. The highest BCUT2D eigenvalue weighted by molar-refractivity contribution is 5.77. The Balaban J connectivity index is 0.971. The molecular formula is C79H133N5O58. The molecule has 10 rings (SSSR count). The summed E-state index contributed by atoms with van der Waals surface area (Å²) in [5, 5.41) is 370. The van der Waals surface area contributed by atoms with Gasteiger partial charge in [-0.25, -0.2) is 4.79 Å². The monoisotopic (exact) mass is 2080 g/mol. The molecule has 0 saturated carbocycles. The molecule has 10 heterocycles. The van der Waals surface area contributed by atoms with Crippen LogP contribution in [0, 0.1) is 0 Å². The summed E-state index contributed by atoms with van der Waals surface area (Å²) < 4.78 is 119. The molecule has 55 atom stereocenters. The van der Waals surface area contributed by atoms with Crippen molar-refractivity contribution in [2.75, 3.05) is 72.7 Å². The number of hydrogen-bond donors (Lipinski definition) is 37. The van der Waals surface area contributed by atoms with Crippen LogP contribution in [0.2, 0.25) is 0 Å². The molecule has 10 aliphatic rings. The van der Waals surface area contributed by atoms with Gasteiger partial charge in [0.15, 0.2) is 56.6 Å². The number of rotatable bonds is 42. The number of aliphatic hydroxyl groups excluding tert-OH is 31. The van der Waals surface area contributed by atoms with Gasteiger partial charge in [0.05, 0.1) is 97.0 Å². The molecule has 10 fully saturated rings. The van der Waals surface area contributed by atoms with Crippen LogP contribution in [0.1, 0.15) is 48.0 Å². The van der Waals surface area contributed by atoms with Gasteiger partial charge in [-0.15, -0.1) is 0 Å². The van der Waals surface area contributed by atoms with Crippen LogP contribution in [0.15, 0.2) is 0 Å². The highest BCUT2D eigenvalue weighted by Gasteiger charge is 2.63. The smallest absolute Gasteiger partial charge is 0.364 e. The molecule has 0 radical (unpaired) electrons. The summed E-state index contributed by atoms with van der Waals surface area (Å²) in [6, 6.07) is -9.77. The van der Waals surface area contributed by atoms with Crippen molar-refractivity contribution in [1.29, 1.82) is 0 Å². The topological polar surface area (TPSA) is 995 Å². The lowest BCUT2D eigenvalue weighted by Crippen LogP contribution is -2.70. The standard InChI is InChI=1S/C79H133N5O58/c1-19-41(101)52(112)57(117)72(126-19)123-16-28(100)61(42(102)25(8-85)80-20(2)93)135-69-38(82-22(4)95)49(109)64(34(15-92)130-69)138-75-60(120)66(139-77-68(56(116)46(106)31(12-89)129-77)141-71-40(84-24(6)97)51(111)62(32(13-90)132-71)136-73-58(118)53(113)44(104)29(10-87)127-73)48(108)35(133-75)17-124-76-67(55(115)45(105)30(11-88)128-76)140-70-39(83-23(5)96)50(110)63(33(14-91)131-70)137-74-59(119)54(114)47(107)36(134-74)18-125-79(78(121)122)7-26(98)37(81-21(3)94)65(142-79)43(103)27(99)9-86/h19,25-77,85-92,98-120H,7-18H2,1-6H3,(H,80,93)(H,81,94)(H,82,95)(H,83,96)(H,84,97)(H,121,122)/t19-,25-,26-,27+,28+,29+,30+,31+,32+,33+,34+,35+,36+,37+,38+,39+,40+,41+,42+,43+,44-,45+,46+,47-,48+,49+,50+,51+,52+,53-,54-,55-,56-,57-,58+,59+,60-,61+,62+,63+,64+,65+,66-,67-,68-,69-,70-,71-,72+,73+,74-,75-,76-,77+,79+/m0/s1. The van der Waals surface area contributed by atoms with Crippen molar-refractivity contribution in [3.8, 4) is 0 Å². The number of ether oxygens (including phenoxy) is 20. The van der Waals surface area contributed by atoms with Gasteiger partial charge in [0.1, 0.15) is 250 Å². The Morgan fingerprint density at radius 2 is 0.704 bits per heavy atom. The molecule has 0 aromatic heterocycles. The Hall–Kier alpha value is -5.22. The number of amides is 5. The Bertz CT molecular complexity index is 3950. The van der Waals surface area contributed by atoms with E-state index in [1.807, 2.05) is 0 Å². The SMILES string of the molecule is CC(=O)N[C@H]1[C@H](O[C@@H]([C@H](O)[C@H](CO)NC(C)=O)[C@H](O)CO[C@@H]2O[C@@H](C)[C@@H](O)[C@@H](O)[C@@H]2O)O[C@H](CO)[C@@H](O[C@@H]2O[C@H](CO[C@H]3O[C@H](CO)[C@@H](O)[C@H](O)[C@@H]3O[C@@H]3O[C@H](CO)[C@@H](O[C@@H]4O[C@H](CO[C@]5(C(=O)O)C[C@H](O)[C@@H](NC(C)=O)[C@H]([C@H](O)[C@H](O)CO)O5)[C@H](O)[C@H](O)[C@H]4O)[C@H](O)[C@H]3NC(C)=O)[C@@H](O)[C@H](O[C@H]3O[C@H](CO)[C@@H](O)[C@H](O)[C@@H]3O[C@@H]3O[C@H](CO)[C@@H](O[C@H]4O[C@H](CO)[C@H](O)[C@H](O)[C@H]4O)[C@H](O)[C@H]3NC(C)=O)[C@@H]2O)[C@@H]1O. The third kappa shape index (κ3) is 27.0. The largest absolute Gasteiger partial charge is 0.477 e. The fourth-order valence-electron chi connectivity index (χ4n) is 17.9. The third-order valence-corrected chi connectivity index (χ3v) is 25.6. The van der Waals surface area contributed by atoms with Crippen LogP contribution < -0.4 is 26.6 Å². The van der Waals surface area contributed by atoms with Crippen molar-refractivity contribution in [1.82, 2.24) is 26.6 Å². The zero-order valence-corrected chi connectivity index (χ0v) is 76.6. The van der Waals surface area contributed by atoms with Gasteiger partial charge in [0.25, 0.3) is 5.79 Å². The first kappa shape index (κ1) is 119. The number of nitrogens with one attached hydrogen (secondary N) is 5. The molecule has 0 aromatic carbocycles. The molecule has 10 aliphatic heterocycles. The van der Waals surface area contributed by atoms with Crippen LogP contribution in [0.3, 0.4) is 0 Å². The van der Waals surface area contributed by atoms with Gasteiger partial charge in [0.2, 0.25) is 29.5 Å². The second kappa shape index (κ2) is 52.0. The van der Waals surface area contributed by atoms with Crippen LogP contribution in [-0.4, -0.2) is 608 Å². The van der Waals surface area contributed by atoms with E-state index in [1.165, 1.54) is 6.92 Å². The summed E-state index contributed by atoms with van der Waals surface area (Å²) >= 11 is 0. The summed E-state index contributed by atoms with van der Waals surface area (Å²) in [6.07, 6.45) is -109. The van der Waals surface area contributed by atoms with Crippen molar-refractivity contribution >= 4 is 35.5 Å². The summed E-state index contributed by atoms with van der Waals surface area (Å²) in [4.78, 5) is 77.3. The van der Waals surface area contributed by atoms with E-state index >= 15 is 0 Å². The Morgan fingerprint density at radius 3 is 1.14 bits per heavy atom. The van der Waals surface area contributed by atoms with Crippen LogP contribution in [0.25, 0.3) is 0 Å². The van der Waals surface area contributed by atoms with E-state index < -0.39 is 451 Å². The molecule has 0 bridgehead atoms. The molecule has 0 aromatic rings. The van der Waals surface area contributed by atoms with Gasteiger partial charge in [-0.2, -0.15) is 0 Å². The highest BCUT2D eigenvalue weighted by atomic mass is 16.8. The van der Waals surface area contributed by atoms with E-state index in [0.717, 1.165) is 34.6 Å². The van der Waals surface area contributed by atoms with E-state index in [9.17, 15) is 192 Å². The second-order valence-electron chi connectivity index (χ2n) is 35.8. The van der Waals surface area contributed by atoms with Gasteiger partial charge < -0.3 is 285 Å². The Labute approximate surface area is 804 Å². The van der Waals surface area contributed by atoms with Crippen molar-refractivity contribution in [2.45, 2.75) is 385 Å². The second-order valence-corrected chi connectivity index (χ2v) is 35.8. The maximum atomic E-state index is 13.3. The average Bonchev–Trinajstić information content (AvgIpc) is 0.749. The van der Waals surface area contributed by atoms with Crippen molar-refractivity contribution < 1.29 is 287 Å². The van der Waals surface area contributed by atoms with Gasteiger partial charge in [-0.1, -0.05) is 0 Å². The van der Waals surface area contributed by atoms with Crippen molar-refractivity contribution in [3.05, 3.63) is 0 Å². The predicted molar refractivity (Wildman–Crippen MR) is 438 cm³/mol. The number of carboxylic acids is 1.